The van der Waals surface area contributed by atoms with Crippen LogP contribution in [-0.2, 0) is 0 Å². The summed E-state index contributed by atoms with van der Waals surface area (Å²) in [5.41, 5.74) is 7.37. The monoisotopic (exact) mass is 302 g/mol. The maximum absolute atomic E-state index is 12.2. The van der Waals surface area contributed by atoms with Crippen molar-refractivity contribution in [3.8, 4) is 11.4 Å². The summed E-state index contributed by atoms with van der Waals surface area (Å²) in [7, 11) is 1.61. The van der Waals surface area contributed by atoms with E-state index in [1.54, 1.807) is 24.1 Å². The molecule has 22 heavy (non-hydrogen) atoms. The maximum atomic E-state index is 12.2. The van der Waals surface area contributed by atoms with Crippen molar-refractivity contribution in [2.75, 3.05) is 13.7 Å². The van der Waals surface area contributed by atoms with E-state index in [1.807, 2.05) is 39.0 Å². The molecule has 1 amide bonds. The predicted molar refractivity (Wildman–Crippen MR) is 85.5 cm³/mol. The first kappa shape index (κ1) is 16.0. The number of hydrogen-bond acceptors (Lipinski definition) is 4. The van der Waals surface area contributed by atoms with Gasteiger partial charge in [-0.15, -0.1) is 0 Å². The van der Waals surface area contributed by atoms with Crippen LogP contribution in [0.15, 0.2) is 30.5 Å². The highest BCUT2D eigenvalue weighted by Crippen LogP contribution is 2.23. The van der Waals surface area contributed by atoms with Crippen LogP contribution in [-0.4, -0.2) is 34.9 Å². The Morgan fingerprint density at radius 2 is 2.14 bits per heavy atom. The Kier molecular flexibility index (Phi) is 4.51. The van der Waals surface area contributed by atoms with Crippen LogP contribution in [0.2, 0.25) is 0 Å². The number of carbonyl (C=O) groups excluding carboxylic acids is 1. The summed E-state index contributed by atoms with van der Waals surface area (Å²) in [6.45, 7) is 6.08. The molecule has 0 radical (unpaired) electrons. The molecule has 0 fully saturated rings. The third kappa shape index (κ3) is 3.46. The zero-order valence-electron chi connectivity index (χ0n) is 13.4. The Morgan fingerprint density at radius 3 is 2.77 bits per heavy atom. The highest BCUT2D eigenvalue weighted by Gasteiger charge is 2.21. The molecule has 0 atom stereocenters. The van der Waals surface area contributed by atoms with Crippen molar-refractivity contribution in [1.82, 2.24) is 15.1 Å². The summed E-state index contributed by atoms with van der Waals surface area (Å²) in [6, 6.07) is 7.47. The van der Waals surface area contributed by atoms with E-state index in [4.69, 9.17) is 10.5 Å². The van der Waals surface area contributed by atoms with Crippen LogP contribution in [0.1, 0.15) is 29.9 Å². The van der Waals surface area contributed by atoms with E-state index in [1.165, 1.54) is 0 Å². The number of aryl methyl sites for hydroxylation is 1. The molecule has 0 aliphatic rings. The molecule has 0 bridgehead atoms. The van der Waals surface area contributed by atoms with Crippen molar-refractivity contribution < 1.29 is 9.53 Å². The lowest BCUT2D eigenvalue weighted by Crippen LogP contribution is -2.48. The molecule has 0 saturated heterocycles. The van der Waals surface area contributed by atoms with E-state index in [-0.39, 0.29) is 5.91 Å². The normalized spacial score (nSPS) is 11.3. The first-order valence-corrected chi connectivity index (χ1v) is 7.09. The third-order valence-corrected chi connectivity index (χ3v) is 3.37. The van der Waals surface area contributed by atoms with Gasteiger partial charge in [-0.3, -0.25) is 4.79 Å². The van der Waals surface area contributed by atoms with Gasteiger partial charge in [0.25, 0.3) is 5.91 Å². The quantitative estimate of drug-likeness (QED) is 0.880. The van der Waals surface area contributed by atoms with Gasteiger partial charge in [-0.05, 0) is 44.5 Å². The van der Waals surface area contributed by atoms with Gasteiger partial charge in [0, 0.05) is 18.3 Å². The molecule has 3 N–H and O–H groups in total. The molecule has 0 saturated carbocycles. The van der Waals surface area contributed by atoms with Crippen LogP contribution in [0.5, 0.6) is 5.75 Å². The van der Waals surface area contributed by atoms with Gasteiger partial charge in [0.2, 0.25) is 0 Å². The fraction of sp³-hybridized carbons (Fsp3) is 0.375. The van der Waals surface area contributed by atoms with Crippen LogP contribution in [0.25, 0.3) is 5.69 Å². The second-order valence-electron chi connectivity index (χ2n) is 5.86. The van der Waals surface area contributed by atoms with Crippen LogP contribution < -0.4 is 15.8 Å². The van der Waals surface area contributed by atoms with Crippen molar-refractivity contribution in [3.05, 3.63) is 41.7 Å². The predicted octanol–water partition coefficient (Wildman–Crippen LogP) is 1.66. The number of benzene rings is 1. The minimum absolute atomic E-state index is 0.249. The molecule has 1 aromatic carbocycles. The Hall–Kier alpha value is -2.34. The molecular formula is C16H22N4O2. The number of amides is 1. The van der Waals surface area contributed by atoms with Crippen LogP contribution in [0.4, 0.5) is 0 Å². The van der Waals surface area contributed by atoms with Crippen LogP contribution in [0, 0.1) is 6.92 Å². The first-order chi connectivity index (χ1) is 10.4. The van der Waals surface area contributed by atoms with Gasteiger partial charge in [0.15, 0.2) is 5.69 Å². The number of nitrogens with one attached hydrogen (secondary N) is 1. The Balaban J connectivity index is 2.29. The molecule has 1 heterocycles. The highest BCUT2D eigenvalue weighted by atomic mass is 16.5. The summed E-state index contributed by atoms with van der Waals surface area (Å²) in [5.74, 6) is 0.448. The molecule has 2 rings (SSSR count). The number of ether oxygens (including phenoxy) is 1. The van der Waals surface area contributed by atoms with Gasteiger partial charge < -0.3 is 15.8 Å². The molecule has 2 aromatic rings. The summed E-state index contributed by atoms with van der Waals surface area (Å²) < 4.78 is 6.98. The Morgan fingerprint density at radius 1 is 1.41 bits per heavy atom. The van der Waals surface area contributed by atoms with Crippen molar-refractivity contribution in [2.24, 2.45) is 5.73 Å². The van der Waals surface area contributed by atoms with Gasteiger partial charge in [-0.2, -0.15) is 5.10 Å². The van der Waals surface area contributed by atoms with E-state index in [9.17, 15) is 4.79 Å². The van der Waals surface area contributed by atoms with E-state index < -0.39 is 5.54 Å². The number of aromatic nitrogens is 2. The van der Waals surface area contributed by atoms with E-state index >= 15 is 0 Å². The number of methoxy groups -OCH3 is 1. The number of rotatable bonds is 5. The van der Waals surface area contributed by atoms with Gasteiger partial charge in [-0.1, -0.05) is 6.07 Å². The van der Waals surface area contributed by atoms with Crippen LogP contribution in [0.3, 0.4) is 0 Å². The summed E-state index contributed by atoms with van der Waals surface area (Å²) >= 11 is 0. The minimum atomic E-state index is -0.470. The molecule has 0 aliphatic heterocycles. The fourth-order valence-corrected chi connectivity index (χ4v) is 1.98. The molecule has 0 spiro atoms. The molecule has 6 nitrogen and oxygen atoms in total. The van der Waals surface area contributed by atoms with Crippen molar-refractivity contribution in [2.45, 2.75) is 26.3 Å². The van der Waals surface area contributed by atoms with Gasteiger partial charge in [-0.25, -0.2) is 4.68 Å². The number of carbonyl (C=O) groups is 1. The van der Waals surface area contributed by atoms with Gasteiger partial charge >= 0.3 is 0 Å². The van der Waals surface area contributed by atoms with E-state index in [2.05, 4.69) is 10.4 Å². The number of nitrogens with zero attached hydrogens (tertiary/aromatic N) is 2. The largest absolute Gasteiger partial charge is 0.494 e. The Bertz CT molecular complexity index is 677. The van der Waals surface area contributed by atoms with Gasteiger partial charge in [0.05, 0.1) is 7.11 Å². The summed E-state index contributed by atoms with van der Waals surface area (Å²) in [4.78, 5) is 12.2. The lowest BCUT2D eigenvalue weighted by Gasteiger charge is -2.23. The average molecular weight is 302 g/mol. The molecule has 6 heteroatoms. The number of hydrogen-bond donors (Lipinski definition) is 2. The van der Waals surface area contributed by atoms with Crippen molar-refractivity contribution >= 4 is 5.91 Å². The van der Waals surface area contributed by atoms with Crippen molar-refractivity contribution in [1.29, 1.82) is 0 Å². The lowest BCUT2D eigenvalue weighted by molar-refractivity contribution is 0.0910. The summed E-state index contributed by atoms with van der Waals surface area (Å²) in [5, 5.41) is 7.19. The first-order valence-electron chi connectivity index (χ1n) is 7.09. The molecule has 0 aliphatic carbocycles. The lowest BCUT2D eigenvalue weighted by atomic mass is 10.1. The third-order valence-electron chi connectivity index (χ3n) is 3.37. The molecule has 118 valence electrons. The van der Waals surface area contributed by atoms with Gasteiger partial charge in [0.1, 0.15) is 11.4 Å². The zero-order valence-corrected chi connectivity index (χ0v) is 13.4. The second kappa shape index (κ2) is 6.19. The average Bonchev–Trinajstić information content (AvgIpc) is 2.96. The topological polar surface area (TPSA) is 82.2 Å². The zero-order chi connectivity index (χ0) is 16.3. The minimum Gasteiger partial charge on any atom is -0.494 e. The standard InChI is InChI=1S/C16H22N4O2/c1-11-5-6-14(22-4)13(9-11)20-8-7-12(19-20)15(21)18-16(2,3)10-17/h5-9H,10,17H2,1-4H3,(H,18,21). The van der Waals surface area contributed by atoms with Crippen molar-refractivity contribution in [3.63, 3.8) is 0 Å². The SMILES string of the molecule is COc1ccc(C)cc1-n1ccc(C(=O)NC(C)(C)CN)n1. The number of nitrogens with two attached hydrogens (primary N) is 1. The fourth-order valence-electron chi connectivity index (χ4n) is 1.98. The summed E-state index contributed by atoms with van der Waals surface area (Å²) in [6.07, 6.45) is 1.74. The smallest absolute Gasteiger partial charge is 0.272 e. The molecule has 0 unspecified atom stereocenters. The molecular weight excluding hydrogens is 280 g/mol. The maximum Gasteiger partial charge on any atom is 0.272 e. The highest BCUT2D eigenvalue weighted by molar-refractivity contribution is 5.92. The van der Waals surface area contributed by atoms with Crippen LogP contribution >= 0.6 is 0 Å². The van der Waals surface area contributed by atoms with E-state index in [0.29, 0.717) is 18.0 Å². The molecule has 1 aromatic heterocycles. The Labute approximate surface area is 130 Å². The van der Waals surface area contributed by atoms with E-state index in [0.717, 1.165) is 11.3 Å². The second-order valence-corrected chi connectivity index (χ2v) is 5.86.